The van der Waals surface area contributed by atoms with Crippen LogP contribution in [0.4, 0.5) is 0 Å². The summed E-state index contributed by atoms with van der Waals surface area (Å²) in [4.78, 5) is 13.6. The molecule has 0 unspecified atom stereocenters. The molecular formula is C16H21NO5S. The van der Waals surface area contributed by atoms with E-state index in [9.17, 15) is 13.2 Å². The molecule has 0 bridgehead atoms. The van der Waals surface area contributed by atoms with Gasteiger partial charge in [0.15, 0.2) is 21.3 Å². The van der Waals surface area contributed by atoms with E-state index < -0.39 is 9.84 Å². The molecule has 2 rings (SSSR count). The Bertz CT molecular complexity index is 711. The molecule has 0 radical (unpaired) electrons. The van der Waals surface area contributed by atoms with E-state index >= 15 is 0 Å². The number of ether oxygens (including phenoxy) is 2. The zero-order valence-corrected chi connectivity index (χ0v) is 14.3. The normalized spacial score (nSPS) is 14.9. The van der Waals surface area contributed by atoms with Crippen LogP contribution in [0.5, 0.6) is 11.5 Å². The van der Waals surface area contributed by atoms with Gasteiger partial charge in [-0.1, -0.05) is 13.0 Å². The van der Waals surface area contributed by atoms with Gasteiger partial charge < -0.3 is 14.4 Å². The minimum Gasteiger partial charge on any atom is -0.454 e. The Kier molecular flexibility index (Phi) is 5.30. The molecule has 126 valence electrons. The van der Waals surface area contributed by atoms with Crippen LogP contribution in [0.25, 0.3) is 6.08 Å². The number of hydrogen-bond donors (Lipinski definition) is 0. The maximum absolute atomic E-state index is 12.2. The molecule has 6 nitrogen and oxygen atoms in total. The number of nitrogens with zero attached hydrogens (tertiary/aromatic N) is 1. The third-order valence-electron chi connectivity index (χ3n) is 3.76. The fourth-order valence-electron chi connectivity index (χ4n) is 2.12. The highest BCUT2D eigenvalue weighted by Crippen LogP contribution is 2.32. The summed E-state index contributed by atoms with van der Waals surface area (Å²) < 4.78 is 33.8. The molecule has 1 aliphatic rings. The van der Waals surface area contributed by atoms with Gasteiger partial charge in [-0.15, -0.1) is 0 Å². The minimum atomic E-state index is -3.12. The summed E-state index contributed by atoms with van der Waals surface area (Å²) in [6.07, 6.45) is 3.09. The summed E-state index contributed by atoms with van der Waals surface area (Å²) in [5.74, 6) is 1.12. The van der Waals surface area contributed by atoms with E-state index in [-0.39, 0.29) is 30.2 Å². The van der Waals surface area contributed by atoms with E-state index in [1.54, 1.807) is 39.1 Å². The molecule has 1 aliphatic heterocycles. The van der Waals surface area contributed by atoms with E-state index in [4.69, 9.17) is 9.47 Å². The van der Waals surface area contributed by atoms with Gasteiger partial charge in [0.1, 0.15) is 0 Å². The molecule has 7 heteroatoms. The van der Waals surface area contributed by atoms with Crippen molar-refractivity contribution in [2.45, 2.75) is 19.9 Å². The van der Waals surface area contributed by atoms with Gasteiger partial charge in [-0.2, -0.15) is 0 Å². The first kappa shape index (κ1) is 17.3. The van der Waals surface area contributed by atoms with Crippen LogP contribution in [0.1, 0.15) is 19.4 Å². The maximum Gasteiger partial charge on any atom is 0.246 e. The molecule has 1 atom stereocenters. The number of carbonyl (C=O) groups excluding carboxylic acids is 1. The number of hydrogen-bond acceptors (Lipinski definition) is 5. The van der Waals surface area contributed by atoms with E-state index in [1.165, 1.54) is 11.0 Å². The zero-order chi connectivity index (χ0) is 17.0. The Balaban J connectivity index is 2.00. The van der Waals surface area contributed by atoms with Gasteiger partial charge in [-0.3, -0.25) is 4.79 Å². The average Bonchev–Trinajstić information content (AvgIpc) is 2.99. The van der Waals surface area contributed by atoms with Gasteiger partial charge >= 0.3 is 0 Å². The highest BCUT2D eigenvalue weighted by Gasteiger charge is 2.20. The predicted octanol–water partition coefficient (Wildman–Crippen LogP) is 1.71. The molecule has 0 aliphatic carbocycles. The third-order valence-corrected chi connectivity index (χ3v) is 5.63. The Morgan fingerprint density at radius 3 is 2.74 bits per heavy atom. The average molecular weight is 339 g/mol. The van der Waals surface area contributed by atoms with Crippen molar-refractivity contribution in [3.05, 3.63) is 29.8 Å². The van der Waals surface area contributed by atoms with Crippen LogP contribution in [-0.2, 0) is 14.6 Å². The van der Waals surface area contributed by atoms with Crippen LogP contribution >= 0.6 is 0 Å². The maximum atomic E-state index is 12.2. The van der Waals surface area contributed by atoms with Gasteiger partial charge in [-0.25, -0.2) is 8.42 Å². The SMILES string of the molecule is CCS(=O)(=O)C[C@H](C)N(C)C(=O)/C=C/c1ccc2c(c1)OCO2. The molecule has 0 saturated carbocycles. The number of rotatable bonds is 6. The van der Waals surface area contributed by atoms with Gasteiger partial charge in [0.2, 0.25) is 12.7 Å². The summed E-state index contributed by atoms with van der Waals surface area (Å²) >= 11 is 0. The monoisotopic (exact) mass is 339 g/mol. The second-order valence-corrected chi connectivity index (χ2v) is 7.84. The summed E-state index contributed by atoms with van der Waals surface area (Å²) in [5, 5.41) is 0. The molecule has 0 saturated heterocycles. The topological polar surface area (TPSA) is 72.9 Å². The lowest BCUT2D eigenvalue weighted by Crippen LogP contribution is -2.38. The molecule has 0 fully saturated rings. The van der Waals surface area contributed by atoms with Crippen molar-refractivity contribution in [2.75, 3.05) is 25.3 Å². The van der Waals surface area contributed by atoms with Crippen LogP contribution in [0.3, 0.4) is 0 Å². The largest absolute Gasteiger partial charge is 0.454 e. The fourth-order valence-corrected chi connectivity index (χ4v) is 3.31. The Morgan fingerprint density at radius 2 is 2.04 bits per heavy atom. The van der Waals surface area contributed by atoms with E-state index in [2.05, 4.69) is 0 Å². The Morgan fingerprint density at radius 1 is 1.35 bits per heavy atom. The number of carbonyl (C=O) groups is 1. The molecule has 1 heterocycles. The minimum absolute atomic E-state index is 0.0381. The molecule has 0 aromatic heterocycles. The van der Waals surface area contributed by atoms with Gasteiger partial charge in [0.25, 0.3) is 0 Å². The molecule has 1 aromatic rings. The summed E-state index contributed by atoms with van der Waals surface area (Å²) in [7, 11) is -1.52. The van der Waals surface area contributed by atoms with Crippen molar-refractivity contribution in [1.82, 2.24) is 4.90 Å². The van der Waals surface area contributed by atoms with Crippen LogP contribution in [0, 0.1) is 0 Å². The predicted molar refractivity (Wildman–Crippen MR) is 88.2 cm³/mol. The lowest BCUT2D eigenvalue weighted by atomic mass is 10.2. The van der Waals surface area contributed by atoms with Crippen molar-refractivity contribution in [3.8, 4) is 11.5 Å². The molecule has 0 spiro atoms. The third kappa shape index (κ3) is 4.48. The number of likely N-dealkylation sites (N-methyl/N-ethyl adjacent to an activating group) is 1. The molecule has 1 amide bonds. The molecule has 0 N–H and O–H groups in total. The van der Waals surface area contributed by atoms with Crippen LogP contribution < -0.4 is 9.47 Å². The van der Waals surface area contributed by atoms with Gasteiger partial charge in [0, 0.05) is 24.9 Å². The quantitative estimate of drug-likeness (QED) is 0.738. The van der Waals surface area contributed by atoms with Gasteiger partial charge in [-0.05, 0) is 30.7 Å². The lowest BCUT2D eigenvalue weighted by Gasteiger charge is -2.23. The summed E-state index contributed by atoms with van der Waals surface area (Å²) in [5.41, 5.74) is 0.810. The van der Waals surface area contributed by atoms with Crippen molar-refractivity contribution >= 4 is 21.8 Å². The van der Waals surface area contributed by atoms with E-state index in [0.717, 1.165) is 5.56 Å². The fraction of sp³-hybridized carbons (Fsp3) is 0.438. The van der Waals surface area contributed by atoms with E-state index in [0.29, 0.717) is 11.5 Å². The standard InChI is InChI=1S/C16H21NO5S/c1-4-23(19,20)10-12(2)17(3)16(18)8-6-13-5-7-14-15(9-13)22-11-21-14/h5-9,12H,4,10-11H2,1-3H3/b8-6+/t12-/m0/s1. The molecule has 23 heavy (non-hydrogen) atoms. The van der Waals surface area contributed by atoms with Gasteiger partial charge in [0.05, 0.1) is 5.75 Å². The zero-order valence-electron chi connectivity index (χ0n) is 13.5. The summed E-state index contributed by atoms with van der Waals surface area (Å²) in [6.45, 7) is 3.52. The number of benzene rings is 1. The number of sulfone groups is 1. The molecular weight excluding hydrogens is 318 g/mol. The smallest absolute Gasteiger partial charge is 0.246 e. The van der Waals surface area contributed by atoms with Crippen molar-refractivity contribution < 1.29 is 22.7 Å². The first-order chi connectivity index (χ1) is 10.8. The van der Waals surface area contributed by atoms with E-state index in [1.807, 2.05) is 6.07 Å². The second kappa shape index (κ2) is 7.04. The Labute approximate surface area is 136 Å². The van der Waals surface area contributed by atoms with Crippen molar-refractivity contribution in [1.29, 1.82) is 0 Å². The highest BCUT2D eigenvalue weighted by atomic mass is 32.2. The number of amides is 1. The van der Waals surface area contributed by atoms with Crippen LogP contribution in [0.2, 0.25) is 0 Å². The van der Waals surface area contributed by atoms with Crippen molar-refractivity contribution in [3.63, 3.8) is 0 Å². The summed E-state index contributed by atoms with van der Waals surface area (Å²) in [6, 6.07) is 5.01. The van der Waals surface area contributed by atoms with Crippen molar-refractivity contribution in [2.24, 2.45) is 0 Å². The lowest BCUT2D eigenvalue weighted by molar-refractivity contribution is -0.126. The number of fused-ring (bicyclic) bond motifs is 1. The van der Waals surface area contributed by atoms with Crippen LogP contribution in [0.15, 0.2) is 24.3 Å². The first-order valence-electron chi connectivity index (χ1n) is 7.37. The van der Waals surface area contributed by atoms with Crippen LogP contribution in [-0.4, -0.2) is 50.6 Å². The molecule has 1 aromatic carbocycles. The highest BCUT2D eigenvalue weighted by molar-refractivity contribution is 7.91. The second-order valence-electron chi connectivity index (χ2n) is 5.44. The first-order valence-corrected chi connectivity index (χ1v) is 9.19. The Hall–Kier alpha value is -2.02.